The topological polar surface area (TPSA) is 44.8 Å². The van der Waals surface area contributed by atoms with Crippen LogP contribution in [-0.4, -0.2) is 29.3 Å². The summed E-state index contributed by atoms with van der Waals surface area (Å²) in [6, 6.07) is 3.97. The summed E-state index contributed by atoms with van der Waals surface area (Å²) in [4.78, 5) is 6.30. The first-order chi connectivity index (χ1) is 5.77. The number of nitrogens with one attached hydrogen (secondary N) is 1. The zero-order valence-electron chi connectivity index (χ0n) is 7.07. The maximum Gasteiger partial charge on any atom is 0.157 e. The van der Waals surface area contributed by atoms with Crippen molar-refractivity contribution in [2.75, 3.05) is 19.0 Å². The highest BCUT2D eigenvalue weighted by Gasteiger charge is 1.99. The molecule has 0 saturated heterocycles. The van der Waals surface area contributed by atoms with Crippen LogP contribution in [0.5, 0.6) is 0 Å². The van der Waals surface area contributed by atoms with E-state index in [1.165, 1.54) is 0 Å². The summed E-state index contributed by atoms with van der Waals surface area (Å²) in [5, 5.41) is 7.76. The van der Waals surface area contributed by atoms with Gasteiger partial charge in [0, 0.05) is 19.5 Å². The predicted molar refractivity (Wildman–Crippen MR) is 48.2 cm³/mol. The van der Waals surface area contributed by atoms with Crippen molar-refractivity contribution in [3.05, 3.63) is 18.3 Å². The van der Waals surface area contributed by atoms with Crippen molar-refractivity contribution in [3.8, 4) is 0 Å². The summed E-state index contributed by atoms with van der Waals surface area (Å²) in [6.07, 6.45) is 1.77. The van der Waals surface area contributed by atoms with Crippen LogP contribution < -0.4 is 4.90 Å². The van der Waals surface area contributed by atoms with E-state index in [1.807, 2.05) is 31.1 Å². The van der Waals surface area contributed by atoms with Crippen LogP contribution in [0, 0.1) is 0 Å². The summed E-state index contributed by atoms with van der Waals surface area (Å²) >= 11 is 0. The normalized spacial score (nSPS) is 10.5. The number of aromatic amines is 1. The summed E-state index contributed by atoms with van der Waals surface area (Å²) in [5.74, 6) is 0.937. The number of nitrogens with zero attached hydrogens (tertiary/aromatic N) is 3. The first-order valence-electron chi connectivity index (χ1n) is 3.75. The lowest BCUT2D eigenvalue weighted by atomic mass is 10.3. The van der Waals surface area contributed by atoms with Gasteiger partial charge in [0.2, 0.25) is 0 Å². The van der Waals surface area contributed by atoms with Crippen LogP contribution in [0.2, 0.25) is 0 Å². The number of H-pyrrole nitrogens is 1. The van der Waals surface area contributed by atoms with E-state index < -0.39 is 0 Å². The summed E-state index contributed by atoms with van der Waals surface area (Å²) < 4.78 is 0. The molecule has 4 heteroatoms. The number of pyridine rings is 1. The Balaban J connectivity index is 2.60. The first-order valence-corrected chi connectivity index (χ1v) is 3.75. The monoisotopic (exact) mass is 162 g/mol. The third kappa shape index (κ3) is 1.01. The van der Waals surface area contributed by atoms with E-state index in [0.29, 0.717) is 0 Å². The van der Waals surface area contributed by atoms with Gasteiger partial charge in [0.25, 0.3) is 0 Å². The molecule has 0 aliphatic rings. The van der Waals surface area contributed by atoms with Crippen molar-refractivity contribution >= 4 is 16.9 Å². The maximum absolute atomic E-state index is 4.34. The molecular formula is C8H10N4. The highest BCUT2D eigenvalue weighted by Crippen LogP contribution is 2.13. The molecule has 12 heavy (non-hydrogen) atoms. The zero-order valence-corrected chi connectivity index (χ0v) is 7.07. The highest BCUT2D eigenvalue weighted by atomic mass is 15.2. The van der Waals surface area contributed by atoms with Crippen LogP contribution in [0.25, 0.3) is 11.0 Å². The maximum atomic E-state index is 4.34. The average molecular weight is 162 g/mol. The molecule has 2 aromatic heterocycles. The van der Waals surface area contributed by atoms with Gasteiger partial charge in [-0.05, 0) is 12.1 Å². The number of hydrogen-bond acceptors (Lipinski definition) is 3. The second-order valence-electron chi connectivity index (χ2n) is 2.87. The van der Waals surface area contributed by atoms with Gasteiger partial charge < -0.3 is 4.90 Å². The van der Waals surface area contributed by atoms with Gasteiger partial charge in [-0.25, -0.2) is 4.98 Å². The van der Waals surface area contributed by atoms with E-state index in [4.69, 9.17) is 0 Å². The molecule has 0 fully saturated rings. The van der Waals surface area contributed by atoms with E-state index in [0.717, 1.165) is 16.9 Å². The van der Waals surface area contributed by atoms with Crippen LogP contribution in [-0.2, 0) is 0 Å². The fraction of sp³-hybridized carbons (Fsp3) is 0.250. The Morgan fingerprint density at radius 3 is 2.92 bits per heavy atom. The van der Waals surface area contributed by atoms with Crippen LogP contribution in [0.1, 0.15) is 0 Å². The standard InChI is InChI=1S/C8H10N4/c1-12(2)7-4-3-6-5-9-11-8(6)10-7/h3-5H,1-2H3,(H,9,10,11). The van der Waals surface area contributed by atoms with Crippen molar-refractivity contribution in [2.45, 2.75) is 0 Å². The Bertz CT molecular complexity index is 391. The number of aromatic nitrogens is 3. The van der Waals surface area contributed by atoms with Gasteiger partial charge in [0.1, 0.15) is 5.82 Å². The van der Waals surface area contributed by atoms with E-state index in [-0.39, 0.29) is 0 Å². The van der Waals surface area contributed by atoms with Crippen molar-refractivity contribution < 1.29 is 0 Å². The number of fused-ring (bicyclic) bond motifs is 1. The second-order valence-corrected chi connectivity index (χ2v) is 2.87. The van der Waals surface area contributed by atoms with Crippen LogP contribution >= 0.6 is 0 Å². The van der Waals surface area contributed by atoms with E-state index >= 15 is 0 Å². The summed E-state index contributed by atoms with van der Waals surface area (Å²) in [6.45, 7) is 0. The lowest BCUT2D eigenvalue weighted by Crippen LogP contribution is -2.10. The van der Waals surface area contributed by atoms with Gasteiger partial charge in [0.15, 0.2) is 5.65 Å². The predicted octanol–water partition coefficient (Wildman–Crippen LogP) is 1.02. The van der Waals surface area contributed by atoms with Gasteiger partial charge >= 0.3 is 0 Å². The highest BCUT2D eigenvalue weighted by molar-refractivity contribution is 5.75. The third-order valence-corrected chi connectivity index (χ3v) is 1.74. The van der Waals surface area contributed by atoms with Crippen LogP contribution in [0.3, 0.4) is 0 Å². The first kappa shape index (κ1) is 7.09. The third-order valence-electron chi connectivity index (χ3n) is 1.74. The Morgan fingerprint density at radius 1 is 1.33 bits per heavy atom. The molecule has 4 nitrogen and oxygen atoms in total. The molecule has 0 amide bonds. The Kier molecular flexibility index (Phi) is 1.46. The molecule has 0 atom stereocenters. The minimum absolute atomic E-state index is 0.834. The molecule has 0 spiro atoms. The lowest BCUT2D eigenvalue weighted by Gasteiger charge is -2.09. The van der Waals surface area contributed by atoms with Crippen LogP contribution in [0.15, 0.2) is 18.3 Å². The molecule has 0 aliphatic carbocycles. The average Bonchev–Trinajstić information content (AvgIpc) is 2.49. The number of anilines is 1. The fourth-order valence-electron chi connectivity index (χ4n) is 1.07. The van der Waals surface area contributed by atoms with Crippen molar-refractivity contribution in [1.29, 1.82) is 0 Å². The van der Waals surface area contributed by atoms with Gasteiger partial charge in [-0.15, -0.1) is 0 Å². The molecule has 0 aromatic carbocycles. The molecule has 0 aliphatic heterocycles. The lowest BCUT2D eigenvalue weighted by molar-refractivity contribution is 1.06. The van der Waals surface area contributed by atoms with Crippen molar-refractivity contribution in [3.63, 3.8) is 0 Å². The van der Waals surface area contributed by atoms with Gasteiger partial charge in [-0.3, -0.25) is 5.10 Å². The largest absolute Gasteiger partial charge is 0.363 e. The van der Waals surface area contributed by atoms with Gasteiger partial charge in [-0.2, -0.15) is 5.10 Å². The summed E-state index contributed by atoms with van der Waals surface area (Å²) in [5.41, 5.74) is 0.834. The van der Waals surface area contributed by atoms with E-state index in [9.17, 15) is 0 Å². The molecule has 0 radical (unpaired) electrons. The zero-order chi connectivity index (χ0) is 8.55. The molecule has 62 valence electrons. The Labute approximate surface area is 70.2 Å². The minimum atomic E-state index is 0.834. The number of rotatable bonds is 1. The molecule has 2 heterocycles. The van der Waals surface area contributed by atoms with Gasteiger partial charge in [-0.1, -0.05) is 0 Å². The summed E-state index contributed by atoms with van der Waals surface area (Å²) in [7, 11) is 3.93. The van der Waals surface area contributed by atoms with E-state index in [2.05, 4.69) is 15.2 Å². The molecule has 2 rings (SSSR count). The van der Waals surface area contributed by atoms with Crippen molar-refractivity contribution in [2.24, 2.45) is 0 Å². The fourth-order valence-corrected chi connectivity index (χ4v) is 1.07. The molecule has 0 bridgehead atoms. The molecule has 2 aromatic rings. The Hall–Kier alpha value is -1.58. The quantitative estimate of drug-likeness (QED) is 0.681. The molecular weight excluding hydrogens is 152 g/mol. The van der Waals surface area contributed by atoms with Gasteiger partial charge in [0.05, 0.1) is 6.20 Å². The number of hydrogen-bond donors (Lipinski definition) is 1. The molecule has 1 N–H and O–H groups in total. The van der Waals surface area contributed by atoms with Crippen molar-refractivity contribution in [1.82, 2.24) is 15.2 Å². The second kappa shape index (κ2) is 2.48. The molecule has 0 saturated carbocycles. The van der Waals surface area contributed by atoms with Crippen LogP contribution in [0.4, 0.5) is 5.82 Å². The Morgan fingerprint density at radius 2 is 2.17 bits per heavy atom. The van der Waals surface area contributed by atoms with E-state index in [1.54, 1.807) is 6.20 Å². The molecule has 0 unspecified atom stereocenters. The SMILES string of the molecule is CN(C)c1ccc2cn[nH]c2n1. The smallest absolute Gasteiger partial charge is 0.157 e. The minimum Gasteiger partial charge on any atom is -0.363 e.